The van der Waals surface area contributed by atoms with Gasteiger partial charge in [0, 0.05) is 24.2 Å². The summed E-state index contributed by atoms with van der Waals surface area (Å²) in [6, 6.07) is 3.76. The number of hydrogen-bond donors (Lipinski definition) is 3. The molecular weight excluding hydrogens is 166 g/mol. The summed E-state index contributed by atoms with van der Waals surface area (Å²) >= 11 is 0. The van der Waals surface area contributed by atoms with Crippen molar-refractivity contribution in [2.45, 2.75) is 0 Å². The zero-order chi connectivity index (χ0) is 9.10. The number of nitrogens with one attached hydrogen (secondary N) is 2. The second-order valence-electron chi connectivity index (χ2n) is 2.51. The molecular formula is C8H9N5. The number of anilines is 1. The Balaban J connectivity index is 2.41. The van der Waals surface area contributed by atoms with Gasteiger partial charge in [-0.1, -0.05) is 0 Å². The highest BCUT2D eigenvalue weighted by atomic mass is 15.3. The van der Waals surface area contributed by atoms with Gasteiger partial charge in [0.1, 0.15) is 0 Å². The van der Waals surface area contributed by atoms with Crippen LogP contribution < -0.4 is 11.3 Å². The van der Waals surface area contributed by atoms with E-state index in [2.05, 4.69) is 20.4 Å². The monoisotopic (exact) mass is 175 g/mol. The number of aromatic nitrogens is 3. The molecule has 4 N–H and O–H groups in total. The maximum absolute atomic E-state index is 5.19. The molecule has 0 aliphatic heterocycles. The summed E-state index contributed by atoms with van der Waals surface area (Å²) in [5.41, 5.74) is 4.25. The molecule has 0 saturated heterocycles. The average molecular weight is 175 g/mol. The van der Waals surface area contributed by atoms with Gasteiger partial charge in [0.25, 0.3) is 0 Å². The molecule has 5 nitrogen and oxygen atoms in total. The average Bonchev–Trinajstić information content (AvgIpc) is 2.71. The van der Waals surface area contributed by atoms with Crippen LogP contribution in [0.3, 0.4) is 0 Å². The molecule has 2 aromatic rings. The molecule has 0 aliphatic carbocycles. The lowest BCUT2D eigenvalue weighted by atomic mass is 10.2. The highest BCUT2D eigenvalue weighted by molar-refractivity contribution is 5.58. The smallest absolute Gasteiger partial charge is 0.237 e. The first kappa shape index (κ1) is 7.75. The zero-order valence-corrected chi connectivity index (χ0v) is 6.86. The summed E-state index contributed by atoms with van der Waals surface area (Å²) in [6.45, 7) is 0. The van der Waals surface area contributed by atoms with Crippen molar-refractivity contribution in [3.63, 3.8) is 0 Å². The predicted molar refractivity (Wildman–Crippen MR) is 49.6 cm³/mol. The summed E-state index contributed by atoms with van der Waals surface area (Å²) in [5, 5.41) is 0. The van der Waals surface area contributed by atoms with E-state index in [0.29, 0.717) is 5.95 Å². The maximum atomic E-state index is 5.19. The molecule has 0 amide bonds. The number of nitrogens with zero attached hydrogens (tertiary/aromatic N) is 2. The van der Waals surface area contributed by atoms with Crippen LogP contribution in [0, 0.1) is 0 Å². The first-order valence-corrected chi connectivity index (χ1v) is 3.83. The van der Waals surface area contributed by atoms with Crippen molar-refractivity contribution >= 4 is 5.95 Å². The van der Waals surface area contributed by atoms with Crippen molar-refractivity contribution in [2.24, 2.45) is 5.84 Å². The summed E-state index contributed by atoms with van der Waals surface area (Å²) in [6.07, 6.45) is 5.36. The number of nitrogen functional groups attached to an aromatic ring is 1. The van der Waals surface area contributed by atoms with Gasteiger partial charge >= 0.3 is 0 Å². The van der Waals surface area contributed by atoms with Crippen LogP contribution >= 0.6 is 0 Å². The van der Waals surface area contributed by atoms with Gasteiger partial charge < -0.3 is 4.98 Å². The molecule has 5 heteroatoms. The van der Waals surface area contributed by atoms with Crippen molar-refractivity contribution in [3.8, 4) is 11.3 Å². The molecule has 2 heterocycles. The minimum Gasteiger partial charge on any atom is -0.367 e. The fourth-order valence-corrected chi connectivity index (χ4v) is 1.07. The Labute approximate surface area is 75.0 Å². The van der Waals surface area contributed by atoms with Crippen LogP contribution in [-0.2, 0) is 0 Å². The molecule has 2 aromatic heterocycles. The van der Waals surface area contributed by atoms with Crippen molar-refractivity contribution in [3.05, 3.63) is 30.7 Å². The molecule has 0 atom stereocenters. The first-order chi connectivity index (χ1) is 6.40. The molecule has 0 saturated carbocycles. The largest absolute Gasteiger partial charge is 0.367 e. The van der Waals surface area contributed by atoms with E-state index in [4.69, 9.17) is 5.84 Å². The van der Waals surface area contributed by atoms with Gasteiger partial charge in [0.15, 0.2) is 0 Å². The van der Waals surface area contributed by atoms with Gasteiger partial charge in [0.05, 0.1) is 5.69 Å². The van der Waals surface area contributed by atoms with Crippen molar-refractivity contribution in [1.29, 1.82) is 0 Å². The zero-order valence-electron chi connectivity index (χ0n) is 6.86. The molecule has 0 radical (unpaired) electrons. The molecule has 66 valence electrons. The van der Waals surface area contributed by atoms with E-state index in [0.717, 1.165) is 11.3 Å². The van der Waals surface area contributed by atoms with Crippen LogP contribution in [0.25, 0.3) is 11.3 Å². The van der Waals surface area contributed by atoms with Gasteiger partial charge in [-0.2, -0.15) is 0 Å². The Morgan fingerprint density at radius 1 is 1.38 bits per heavy atom. The van der Waals surface area contributed by atoms with Crippen LogP contribution in [0.2, 0.25) is 0 Å². The lowest BCUT2D eigenvalue weighted by Gasteiger charge is -1.99. The molecule has 0 unspecified atom stereocenters. The number of rotatable bonds is 2. The molecule has 0 aromatic carbocycles. The second kappa shape index (κ2) is 3.24. The summed E-state index contributed by atoms with van der Waals surface area (Å²) in [5.74, 6) is 5.60. The normalized spacial score (nSPS) is 9.92. The third-order valence-electron chi connectivity index (χ3n) is 1.68. The Hall–Kier alpha value is -1.88. The maximum Gasteiger partial charge on any atom is 0.237 e. The molecule has 0 aliphatic rings. The molecule has 0 spiro atoms. The molecule has 0 fully saturated rings. The Morgan fingerprint density at radius 3 is 3.00 bits per heavy atom. The fourth-order valence-electron chi connectivity index (χ4n) is 1.07. The van der Waals surface area contributed by atoms with Gasteiger partial charge in [-0.15, -0.1) is 0 Å². The van der Waals surface area contributed by atoms with E-state index in [9.17, 15) is 0 Å². The van der Waals surface area contributed by atoms with Gasteiger partial charge in [-0.3, -0.25) is 5.43 Å². The number of nitrogens with two attached hydrogens (primary N) is 1. The van der Waals surface area contributed by atoms with Crippen LogP contribution in [-0.4, -0.2) is 15.0 Å². The van der Waals surface area contributed by atoms with Crippen LogP contribution in [0.5, 0.6) is 0 Å². The highest BCUT2D eigenvalue weighted by Gasteiger charge is 2.00. The molecule has 13 heavy (non-hydrogen) atoms. The van der Waals surface area contributed by atoms with Crippen LogP contribution in [0.4, 0.5) is 5.95 Å². The molecule has 0 bridgehead atoms. The SMILES string of the molecule is NNc1nccc(-c2cc[nH]c2)n1. The third kappa shape index (κ3) is 1.50. The van der Waals surface area contributed by atoms with Crippen molar-refractivity contribution < 1.29 is 0 Å². The number of H-pyrrole nitrogens is 1. The summed E-state index contributed by atoms with van der Waals surface area (Å²) in [7, 11) is 0. The molecule has 2 rings (SSSR count). The first-order valence-electron chi connectivity index (χ1n) is 3.83. The van der Waals surface area contributed by atoms with Gasteiger partial charge in [0.2, 0.25) is 5.95 Å². The van der Waals surface area contributed by atoms with Gasteiger partial charge in [-0.05, 0) is 12.1 Å². The lowest BCUT2D eigenvalue weighted by molar-refractivity contribution is 1.12. The van der Waals surface area contributed by atoms with E-state index >= 15 is 0 Å². The number of hydrazine groups is 1. The second-order valence-corrected chi connectivity index (χ2v) is 2.51. The lowest BCUT2D eigenvalue weighted by Crippen LogP contribution is -2.10. The Kier molecular flexibility index (Phi) is 1.93. The van der Waals surface area contributed by atoms with Crippen molar-refractivity contribution in [1.82, 2.24) is 15.0 Å². The standard InChI is InChI=1S/C8H9N5/c9-13-8-11-4-2-7(12-8)6-1-3-10-5-6/h1-5,10H,9H2,(H,11,12,13). The van der Waals surface area contributed by atoms with E-state index in [1.165, 1.54) is 0 Å². The summed E-state index contributed by atoms with van der Waals surface area (Å²) < 4.78 is 0. The van der Waals surface area contributed by atoms with Gasteiger partial charge in [-0.25, -0.2) is 15.8 Å². The quantitative estimate of drug-likeness (QED) is 0.465. The third-order valence-corrected chi connectivity index (χ3v) is 1.68. The number of aromatic amines is 1. The topological polar surface area (TPSA) is 79.6 Å². The Morgan fingerprint density at radius 2 is 2.31 bits per heavy atom. The van der Waals surface area contributed by atoms with E-state index in [-0.39, 0.29) is 0 Å². The minimum absolute atomic E-state index is 0.415. The highest BCUT2D eigenvalue weighted by Crippen LogP contribution is 2.15. The minimum atomic E-state index is 0.415. The number of hydrogen-bond acceptors (Lipinski definition) is 4. The van der Waals surface area contributed by atoms with Crippen LogP contribution in [0.1, 0.15) is 0 Å². The Bertz CT molecular complexity index is 381. The van der Waals surface area contributed by atoms with E-state index in [1.54, 1.807) is 6.20 Å². The van der Waals surface area contributed by atoms with E-state index < -0.39 is 0 Å². The van der Waals surface area contributed by atoms with Crippen LogP contribution in [0.15, 0.2) is 30.7 Å². The predicted octanol–water partition coefficient (Wildman–Crippen LogP) is 0.757. The fraction of sp³-hybridized carbons (Fsp3) is 0. The summed E-state index contributed by atoms with van der Waals surface area (Å²) in [4.78, 5) is 11.0. The van der Waals surface area contributed by atoms with E-state index in [1.807, 2.05) is 24.5 Å². The van der Waals surface area contributed by atoms with Crippen molar-refractivity contribution in [2.75, 3.05) is 5.43 Å².